The Labute approximate surface area is 120 Å². The van der Waals surface area contributed by atoms with Crippen LogP contribution in [-0.4, -0.2) is 25.2 Å². The summed E-state index contributed by atoms with van der Waals surface area (Å²) in [5.41, 5.74) is 6.02. The van der Waals surface area contributed by atoms with Crippen molar-refractivity contribution in [3.05, 3.63) is 11.8 Å². The molecule has 1 aliphatic carbocycles. The number of aromatic nitrogens is 2. The highest BCUT2D eigenvalue weighted by atomic mass is 32.2. The zero-order valence-corrected chi connectivity index (χ0v) is 12.7. The Hall–Kier alpha value is -0.920. The first-order chi connectivity index (χ1) is 9.53. The Bertz CT molecular complexity index is 518. The number of nitrogens with zero attached hydrogens (tertiary/aromatic N) is 1. The summed E-state index contributed by atoms with van der Waals surface area (Å²) in [5, 5.41) is 6.35. The molecule has 0 aliphatic heterocycles. The normalized spacial score (nSPS) is 23.9. The van der Waals surface area contributed by atoms with Crippen LogP contribution in [0.25, 0.3) is 0 Å². The van der Waals surface area contributed by atoms with E-state index in [4.69, 9.17) is 5.73 Å². The Balaban J connectivity index is 1.84. The molecule has 0 bridgehead atoms. The second kappa shape index (κ2) is 6.69. The molecule has 1 aromatic heterocycles. The fourth-order valence-electron chi connectivity index (χ4n) is 2.76. The summed E-state index contributed by atoms with van der Waals surface area (Å²) < 4.78 is 26.9. The number of hydrogen-bond acceptors (Lipinski definition) is 4. The molecule has 6 nitrogen and oxygen atoms in total. The molecular weight excluding hydrogens is 276 g/mol. The minimum absolute atomic E-state index is 0.0947. The lowest BCUT2D eigenvalue weighted by atomic mass is 9.81. The summed E-state index contributed by atoms with van der Waals surface area (Å²) in [6.07, 6.45) is 7.29. The van der Waals surface area contributed by atoms with E-state index in [0.29, 0.717) is 18.0 Å². The molecule has 0 radical (unpaired) electrons. The molecule has 1 aliphatic rings. The molecule has 0 amide bonds. The summed E-state index contributed by atoms with van der Waals surface area (Å²) in [5.74, 6) is 1.46. The van der Waals surface area contributed by atoms with Crippen molar-refractivity contribution in [3.63, 3.8) is 0 Å². The minimum atomic E-state index is -3.52. The van der Waals surface area contributed by atoms with E-state index in [1.807, 2.05) is 0 Å². The van der Waals surface area contributed by atoms with Crippen LogP contribution in [0.3, 0.4) is 0 Å². The van der Waals surface area contributed by atoms with Crippen molar-refractivity contribution in [1.29, 1.82) is 0 Å². The van der Waals surface area contributed by atoms with Crippen LogP contribution >= 0.6 is 0 Å². The predicted octanol–water partition coefficient (Wildman–Crippen LogP) is 1.36. The highest BCUT2D eigenvalue weighted by molar-refractivity contribution is 7.89. The van der Waals surface area contributed by atoms with Crippen LogP contribution in [0.4, 0.5) is 0 Å². The molecule has 1 fully saturated rings. The highest BCUT2D eigenvalue weighted by Gasteiger charge is 2.22. The molecule has 4 N–H and O–H groups in total. The van der Waals surface area contributed by atoms with E-state index in [9.17, 15) is 8.42 Å². The van der Waals surface area contributed by atoms with Gasteiger partial charge in [-0.2, -0.15) is 5.10 Å². The average molecular weight is 300 g/mol. The molecular formula is C13H24N4O2S. The van der Waals surface area contributed by atoms with Crippen LogP contribution in [0.5, 0.6) is 0 Å². The predicted molar refractivity (Wildman–Crippen MR) is 77.4 cm³/mol. The van der Waals surface area contributed by atoms with Crippen LogP contribution in [-0.2, 0) is 16.6 Å². The highest BCUT2D eigenvalue weighted by Crippen LogP contribution is 2.30. The molecule has 0 unspecified atom stereocenters. The molecule has 7 heteroatoms. The van der Waals surface area contributed by atoms with E-state index < -0.39 is 10.0 Å². The van der Waals surface area contributed by atoms with Gasteiger partial charge in [0.25, 0.3) is 10.0 Å². The lowest BCUT2D eigenvalue weighted by molar-refractivity contribution is 0.278. The third-order valence-electron chi connectivity index (χ3n) is 4.15. The van der Waals surface area contributed by atoms with Crippen LogP contribution in [0.2, 0.25) is 0 Å². The third-order valence-corrected chi connectivity index (χ3v) is 5.62. The average Bonchev–Trinajstić information content (AvgIpc) is 2.90. The zero-order valence-electron chi connectivity index (χ0n) is 11.9. The van der Waals surface area contributed by atoms with Crippen molar-refractivity contribution < 1.29 is 8.42 Å². The standard InChI is InChI=1S/C13H24N4O2S/c1-10-2-4-11(5-3-10)6-7-16-20(18,19)13-12(8-14)9-15-17-13/h9-11,16H,2-8,14H2,1H3,(H,15,17). The molecule has 0 aromatic carbocycles. The van der Waals surface area contributed by atoms with Crippen LogP contribution in [0.1, 0.15) is 44.6 Å². The summed E-state index contributed by atoms with van der Waals surface area (Å²) in [4.78, 5) is 0. The van der Waals surface area contributed by atoms with Gasteiger partial charge in [0.05, 0.1) is 6.20 Å². The molecule has 114 valence electrons. The monoisotopic (exact) mass is 300 g/mol. The SMILES string of the molecule is CC1CCC(CCNS(=O)(=O)c2[nH]ncc2CN)CC1. The summed E-state index contributed by atoms with van der Waals surface area (Å²) in [7, 11) is -3.52. The van der Waals surface area contributed by atoms with Gasteiger partial charge in [0, 0.05) is 18.7 Å². The second-order valence-corrected chi connectivity index (χ2v) is 7.44. The number of sulfonamides is 1. The molecule has 1 heterocycles. The van der Waals surface area contributed by atoms with Crippen molar-refractivity contribution in [3.8, 4) is 0 Å². The van der Waals surface area contributed by atoms with Gasteiger partial charge in [-0.15, -0.1) is 0 Å². The Morgan fingerprint density at radius 3 is 2.75 bits per heavy atom. The van der Waals surface area contributed by atoms with E-state index in [1.54, 1.807) is 0 Å². The molecule has 0 atom stereocenters. The van der Waals surface area contributed by atoms with E-state index in [1.165, 1.54) is 31.9 Å². The van der Waals surface area contributed by atoms with Crippen molar-refractivity contribution in [2.24, 2.45) is 17.6 Å². The van der Waals surface area contributed by atoms with E-state index in [2.05, 4.69) is 21.8 Å². The van der Waals surface area contributed by atoms with E-state index in [-0.39, 0.29) is 11.6 Å². The van der Waals surface area contributed by atoms with Crippen molar-refractivity contribution in [2.75, 3.05) is 6.54 Å². The molecule has 0 spiro atoms. The maximum Gasteiger partial charge on any atom is 0.257 e. The zero-order chi connectivity index (χ0) is 14.6. The van der Waals surface area contributed by atoms with Crippen molar-refractivity contribution in [1.82, 2.24) is 14.9 Å². The summed E-state index contributed by atoms with van der Waals surface area (Å²) in [6, 6.07) is 0. The second-order valence-electron chi connectivity index (χ2n) is 5.74. The smallest absolute Gasteiger partial charge is 0.257 e. The molecule has 1 saturated carbocycles. The Morgan fingerprint density at radius 2 is 2.10 bits per heavy atom. The van der Waals surface area contributed by atoms with Crippen LogP contribution in [0.15, 0.2) is 11.2 Å². The van der Waals surface area contributed by atoms with Crippen molar-refractivity contribution >= 4 is 10.0 Å². The van der Waals surface area contributed by atoms with Crippen LogP contribution in [0, 0.1) is 11.8 Å². The van der Waals surface area contributed by atoms with Crippen LogP contribution < -0.4 is 10.5 Å². The van der Waals surface area contributed by atoms with Gasteiger partial charge in [-0.05, 0) is 18.3 Å². The van der Waals surface area contributed by atoms with E-state index >= 15 is 0 Å². The van der Waals surface area contributed by atoms with E-state index in [0.717, 1.165) is 12.3 Å². The van der Waals surface area contributed by atoms with Crippen molar-refractivity contribution in [2.45, 2.75) is 50.6 Å². The van der Waals surface area contributed by atoms with Gasteiger partial charge in [0.1, 0.15) is 0 Å². The number of rotatable bonds is 6. The fourth-order valence-corrected chi connectivity index (χ4v) is 3.95. The van der Waals surface area contributed by atoms with Gasteiger partial charge in [0.15, 0.2) is 5.03 Å². The van der Waals surface area contributed by atoms with Gasteiger partial charge in [-0.3, -0.25) is 5.10 Å². The molecule has 20 heavy (non-hydrogen) atoms. The number of hydrogen-bond donors (Lipinski definition) is 3. The first-order valence-corrected chi connectivity index (χ1v) is 8.73. The van der Waals surface area contributed by atoms with Gasteiger partial charge < -0.3 is 5.73 Å². The largest absolute Gasteiger partial charge is 0.326 e. The summed E-state index contributed by atoms with van der Waals surface area (Å²) >= 11 is 0. The number of nitrogens with two attached hydrogens (primary N) is 1. The van der Waals surface area contributed by atoms with Gasteiger partial charge in [0.2, 0.25) is 0 Å². The number of nitrogens with one attached hydrogen (secondary N) is 2. The first kappa shape index (κ1) is 15.5. The molecule has 1 aromatic rings. The third kappa shape index (κ3) is 3.80. The maximum absolute atomic E-state index is 12.1. The lowest BCUT2D eigenvalue weighted by Gasteiger charge is -2.26. The quantitative estimate of drug-likeness (QED) is 0.738. The van der Waals surface area contributed by atoms with Gasteiger partial charge in [-0.25, -0.2) is 13.1 Å². The topological polar surface area (TPSA) is 101 Å². The molecule has 0 saturated heterocycles. The summed E-state index contributed by atoms with van der Waals surface area (Å²) in [6.45, 7) is 2.92. The maximum atomic E-state index is 12.1. The molecule has 2 rings (SSSR count). The Kier molecular flexibility index (Phi) is 5.17. The van der Waals surface area contributed by atoms with Gasteiger partial charge in [-0.1, -0.05) is 32.6 Å². The number of H-pyrrole nitrogens is 1. The first-order valence-electron chi connectivity index (χ1n) is 7.25. The number of aromatic amines is 1. The van der Waals surface area contributed by atoms with Gasteiger partial charge >= 0.3 is 0 Å². The lowest BCUT2D eigenvalue weighted by Crippen LogP contribution is -2.28. The Morgan fingerprint density at radius 1 is 1.40 bits per heavy atom. The fraction of sp³-hybridized carbons (Fsp3) is 0.769. The minimum Gasteiger partial charge on any atom is -0.326 e.